The first-order valence-electron chi connectivity index (χ1n) is 8.25. The highest BCUT2D eigenvalue weighted by Crippen LogP contribution is 2.36. The molecule has 0 saturated heterocycles. The summed E-state index contributed by atoms with van der Waals surface area (Å²) in [6, 6.07) is -0.418. The summed E-state index contributed by atoms with van der Waals surface area (Å²) in [5, 5.41) is 2.81. The molecule has 0 aliphatic heterocycles. The van der Waals surface area contributed by atoms with Gasteiger partial charge in [-0.15, -0.1) is 0 Å². The van der Waals surface area contributed by atoms with E-state index in [4.69, 9.17) is 9.16 Å². The SMILES string of the molecule is CC(C)(F)C[C@@H](CO[Si](C)(C)C(C)(C)C)NC(=O)OC(C)(C)C. The molecule has 1 atom stereocenters. The topological polar surface area (TPSA) is 47.6 Å². The molecule has 0 unspecified atom stereocenters. The smallest absolute Gasteiger partial charge is 0.407 e. The van der Waals surface area contributed by atoms with E-state index in [1.165, 1.54) is 13.8 Å². The van der Waals surface area contributed by atoms with Crippen LogP contribution in [0.15, 0.2) is 0 Å². The Morgan fingerprint density at radius 3 is 1.91 bits per heavy atom. The Balaban J connectivity index is 4.87. The second-order valence-corrected chi connectivity index (χ2v) is 14.1. The summed E-state index contributed by atoms with van der Waals surface area (Å²) in [6.45, 7) is 19.4. The maximum absolute atomic E-state index is 14.0. The number of nitrogens with one attached hydrogen (secondary N) is 1. The highest BCUT2D eigenvalue weighted by molar-refractivity contribution is 6.74. The number of rotatable bonds is 6. The number of alkyl halides is 1. The number of ether oxygens (including phenoxy) is 1. The molecule has 0 aromatic carbocycles. The van der Waals surface area contributed by atoms with Crippen molar-refractivity contribution in [2.24, 2.45) is 0 Å². The van der Waals surface area contributed by atoms with Crippen LogP contribution in [0.5, 0.6) is 0 Å². The van der Waals surface area contributed by atoms with Gasteiger partial charge in [0, 0.05) is 6.42 Å². The summed E-state index contributed by atoms with van der Waals surface area (Å²) in [7, 11) is -1.96. The predicted octanol–water partition coefficient (Wildman–Crippen LogP) is 5.04. The van der Waals surface area contributed by atoms with Crippen LogP contribution < -0.4 is 5.32 Å². The van der Waals surface area contributed by atoms with Crippen LogP contribution in [0.4, 0.5) is 9.18 Å². The molecule has 0 fully saturated rings. The minimum absolute atomic E-state index is 0.0642. The van der Waals surface area contributed by atoms with E-state index in [2.05, 4.69) is 39.2 Å². The number of hydrogen-bond acceptors (Lipinski definition) is 3. The number of carbonyl (C=O) groups excluding carboxylic acids is 1. The van der Waals surface area contributed by atoms with E-state index in [1.54, 1.807) is 20.8 Å². The van der Waals surface area contributed by atoms with Gasteiger partial charge in [-0.2, -0.15) is 0 Å². The van der Waals surface area contributed by atoms with E-state index in [9.17, 15) is 9.18 Å². The number of halogens is 1. The largest absolute Gasteiger partial charge is 0.444 e. The third-order valence-corrected chi connectivity index (χ3v) is 8.40. The molecular formula is C17H36FNO3Si. The minimum Gasteiger partial charge on any atom is -0.444 e. The van der Waals surface area contributed by atoms with Crippen LogP contribution in [0.25, 0.3) is 0 Å². The van der Waals surface area contributed by atoms with Crippen molar-refractivity contribution in [2.45, 2.75) is 97.3 Å². The Hall–Kier alpha value is -0.623. The maximum Gasteiger partial charge on any atom is 0.407 e. The van der Waals surface area contributed by atoms with Gasteiger partial charge in [0.2, 0.25) is 0 Å². The van der Waals surface area contributed by atoms with E-state index in [-0.39, 0.29) is 11.5 Å². The highest BCUT2D eigenvalue weighted by Gasteiger charge is 2.38. The van der Waals surface area contributed by atoms with Crippen LogP contribution in [0.2, 0.25) is 18.1 Å². The molecule has 0 aromatic rings. The third kappa shape index (κ3) is 9.97. The molecule has 4 nitrogen and oxygen atoms in total. The molecule has 0 aliphatic rings. The Morgan fingerprint density at radius 1 is 1.09 bits per heavy atom. The fourth-order valence-corrected chi connectivity index (χ4v) is 2.79. The average Bonchev–Trinajstić information content (AvgIpc) is 2.19. The zero-order valence-electron chi connectivity index (χ0n) is 16.6. The van der Waals surface area contributed by atoms with Crippen LogP contribution in [0.1, 0.15) is 61.8 Å². The standard InChI is InChI=1S/C17H36FNO3Si/c1-15(2,3)22-14(20)19-13(11-17(7,8)18)12-21-23(9,10)16(4,5)6/h13H,11-12H2,1-10H3,(H,19,20)/t13-/m0/s1. The number of amides is 1. The van der Waals surface area contributed by atoms with Gasteiger partial charge in [0.25, 0.3) is 0 Å². The lowest BCUT2D eigenvalue weighted by molar-refractivity contribution is 0.0455. The second kappa shape index (κ2) is 7.51. The van der Waals surface area contributed by atoms with Crippen molar-refractivity contribution >= 4 is 14.4 Å². The van der Waals surface area contributed by atoms with Gasteiger partial charge in [-0.3, -0.25) is 0 Å². The Morgan fingerprint density at radius 2 is 1.57 bits per heavy atom. The zero-order chi connectivity index (χ0) is 18.7. The fraction of sp³-hybridized carbons (Fsp3) is 0.941. The first kappa shape index (κ1) is 22.4. The normalized spacial score (nSPS) is 15.3. The Kier molecular flexibility index (Phi) is 7.31. The molecule has 138 valence electrons. The first-order valence-corrected chi connectivity index (χ1v) is 11.2. The summed E-state index contributed by atoms with van der Waals surface area (Å²) in [4.78, 5) is 12.0. The van der Waals surface area contributed by atoms with E-state index in [0.717, 1.165) is 0 Å². The van der Waals surface area contributed by atoms with Gasteiger partial charge in [0.05, 0.1) is 12.6 Å². The van der Waals surface area contributed by atoms with Crippen molar-refractivity contribution in [1.29, 1.82) is 0 Å². The van der Waals surface area contributed by atoms with Crippen molar-refractivity contribution in [3.05, 3.63) is 0 Å². The Bertz CT molecular complexity index is 392. The molecule has 0 radical (unpaired) electrons. The number of hydrogen-bond donors (Lipinski definition) is 1. The quantitative estimate of drug-likeness (QED) is 0.683. The highest BCUT2D eigenvalue weighted by atomic mass is 28.4. The summed E-state index contributed by atoms with van der Waals surface area (Å²) >= 11 is 0. The molecule has 6 heteroatoms. The van der Waals surface area contributed by atoms with E-state index >= 15 is 0 Å². The molecule has 0 bridgehead atoms. The van der Waals surface area contributed by atoms with Crippen LogP contribution in [-0.2, 0) is 9.16 Å². The lowest BCUT2D eigenvalue weighted by atomic mass is 10.0. The number of carbonyl (C=O) groups is 1. The first-order chi connectivity index (χ1) is 9.93. The maximum atomic E-state index is 14.0. The van der Waals surface area contributed by atoms with Crippen LogP contribution in [-0.4, -0.2) is 38.3 Å². The van der Waals surface area contributed by atoms with Gasteiger partial charge >= 0.3 is 6.09 Å². The summed E-state index contributed by atoms with van der Waals surface area (Å²) in [5.41, 5.74) is -1.98. The monoisotopic (exact) mass is 349 g/mol. The zero-order valence-corrected chi connectivity index (χ0v) is 17.6. The molecule has 0 heterocycles. The lowest BCUT2D eigenvalue weighted by Crippen LogP contribution is -2.48. The fourth-order valence-electron chi connectivity index (χ4n) is 1.74. The van der Waals surface area contributed by atoms with Gasteiger partial charge in [0.1, 0.15) is 11.3 Å². The molecule has 0 rings (SSSR count). The number of alkyl carbamates (subject to hydrolysis) is 1. The van der Waals surface area contributed by atoms with Crippen molar-refractivity contribution in [1.82, 2.24) is 5.32 Å². The lowest BCUT2D eigenvalue weighted by Gasteiger charge is -2.38. The predicted molar refractivity (Wildman–Crippen MR) is 96.1 cm³/mol. The minimum atomic E-state index is -1.96. The molecule has 0 aliphatic carbocycles. The van der Waals surface area contributed by atoms with Crippen molar-refractivity contribution in [2.75, 3.05) is 6.61 Å². The van der Waals surface area contributed by atoms with Crippen LogP contribution in [0.3, 0.4) is 0 Å². The van der Waals surface area contributed by atoms with E-state index < -0.39 is 31.7 Å². The average molecular weight is 350 g/mol. The summed E-state index contributed by atoms with van der Waals surface area (Å²) in [6.07, 6.45) is -0.355. The molecular weight excluding hydrogens is 313 g/mol. The van der Waals surface area contributed by atoms with Crippen molar-refractivity contribution in [3.63, 3.8) is 0 Å². The van der Waals surface area contributed by atoms with E-state index in [1.807, 2.05) is 0 Å². The molecule has 0 aromatic heterocycles. The molecule has 0 spiro atoms. The van der Waals surface area contributed by atoms with Crippen molar-refractivity contribution < 1.29 is 18.3 Å². The molecule has 0 saturated carbocycles. The second-order valence-electron chi connectivity index (χ2n) is 9.34. The Labute approximate surface area is 142 Å². The van der Waals surface area contributed by atoms with Crippen molar-refractivity contribution in [3.8, 4) is 0 Å². The van der Waals surface area contributed by atoms with Gasteiger partial charge in [0.15, 0.2) is 8.32 Å². The van der Waals surface area contributed by atoms with Gasteiger partial charge in [-0.25, -0.2) is 9.18 Å². The summed E-state index contributed by atoms with van der Waals surface area (Å²) in [5.74, 6) is 0. The van der Waals surface area contributed by atoms with Crippen LogP contribution >= 0.6 is 0 Å². The van der Waals surface area contributed by atoms with E-state index in [0.29, 0.717) is 6.61 Å². The molecule has 23 heavy (non-hydrogen) atoms. The third-order valence-electron chi connectivity index (χ3n) is 3.90. The molecule has 1 N–H and O–H groups in total. The van der Waals surface area contributed by atoms with Gasteiger partial charge in [-0.1, -0.05) is 20.8 Å². The van der Waals surface area contributed by atoms with Gasteiger partial charge < -0.3 is 14.5 Å². The summed E-state index contributed by atoms with van der Waals surface area (Å²) < 4.78 is 25.4. The van der Waals surface area contributed by atoms with Gasteiger partial charge in [-0.05, 0) is 52.8 Å². The van der Waals surface area contributed by atoms with Crippen LogP contribution in [0, 0.1) is 0 Å². The molecule has 1 amide bonds.